The number of rotatable bonds is 5. The third kappa shape index (κ3) is 4.77. The number of carbonyl (C=O) groups is 2. The molecule has 1 aliphatic carbocycles. The Kier molecular flexibility index (Phi) is 6.66. The number of carbonyl (C=O) groups excluding carboxylic acids is 2. The summed E-state index contributed by atoms with van der Waals surface area (Å²) in [4.78, 5) is 56.4. The first kappa shape index (κ1) is 26.1. The SMILES string of the molecule is COC(=O)c1cccc(-n2c(=O)n([C@H]3CC[C@@H](NC(=O)c4cc5ccccn5n4)CC3)c(=O)c3cc(F)cnc32)c1. The summed E-state index contributed by atoms with van der Waals surface area (Å²) in [6.45, 7) is 0. The summed E-state index contributed by atoms with van der Waals surface area (Å²) >= 11 is 0. The normalized spacial score (nSPS) is 17.0. The number of nitrogens with zero attached hydrogens (tertiary/aromatic N) is 5. The fourth-order valence-electron chi connectivity index (χ4n) is 5.41. The molecule has 41 heavy (non-hydrogen) atoms. The van der Waals surface area contributed by atoms with Gasteiger partial charge in [0.1, 0.15) is 5.82 Å². The van der Waals surface area contributed by atoms with E-state index in [9.17, 15) is 23.6 Å². The van der Waals surface area contributed by atoms with E-state index in [1.165, 1.54) is 23.8 Å². The molecule has 5 aromatic rings. The van der Waals surface area contributed by atoms with Crippen LogP contribution in [0.3, 0.4) is 0 Å². The maximum absolute atomic E-state index is 14.2. The largest absolute Gasteiger partial charge is 0.465 e. The Morgan fingerprint density at radius 3 is 2.59 bits per heavy atom. The zero-order valence-corrected chi connectivity index (χ0v) is 22.0. The molecule has 0 radical (unpaired) electrons. The molecule has 4 heterocycles. The third-order valence-corrected chi connectivity index (χ3v) is 7.42. The Labute approximate surface area is 231 Å². The van der Waals surface area contributed by atoms with Crippen LogP contribution >= 0.6 is 0 Å². The number of amides is 1. The molecule has 1 saturated carbocycles. The first-order valence-electron chi connectivity index (χ1n) is 13.1. The molecule has 6 rings (SSSR count). The van der Waals surface area contributed by atoms with Gasteiger partial charge in [-0.3, -0.25) is 14.2 Å². The van der Waals surface area contributed by atoms with Crippen LogP contribution in [0.5, 0.6) is 0 Å². The van der Waals surface area contributed by atoms with Crippen LogP contribution in [0, 0.1) is 5.82 Å². The molecule has 12 heteroatoms. The molecule has 1 amide bonds. The van der Waals surface area contributed by atoms with Crippen LogP contribution < -0.4 is 16.6 Å². The van der Waals surface area contributed by atoms with Gasteiger partial charge in [0.2, 0.25) is 0 Å². The lowest BCUT2D eigenvalue weighted by Gasteiger charge is -2.30. The Balaban J connectivity index is 1.31. The second kappa shape index (κ2) is 10.5. The number of halogens is 1. The number of hydrogen-bond acceptors (Lipinski definition) is 7. The van der Waals surface area contributed by atoms with Gasteiger partial charge in [-0.2, -0.15) is 5.10 Å². The van der Waals surface area contributed by atoms with Crippen LogP contribution in [0.1, 0.15) is 52.6 Å². The van der Waals surface area contributed by atoms with Crippen LogP contribution in [-0.2, 0) is 4.74 Å². The summed E-state index contributed by atoms with van der Waals surface area (Å²) in [5.41, 5.74) is 0.270. The van der Waals surface area contributed by atoms with Crippen molar-refractivity contribution in [1.82, 2.24) is 29.0 Å². The molecular formula is C29H25FN6O5. The first-order valence-corrected chi connectivity index (χ1v) is 13.1. The highest BCUT2D eigenvalue weighted by atomic mass is 19.1. The number of benzene rings is 1. The smallest absolute Gasteiger partial charge is 0.337 e. The lowest BCUT2D eigenvalue weighted by atomic mass is 9.90. The number of methoxy groups -OCH3 is 1. The predicted molar refractivity (Wildman–Crippen MR) is 147 cm³/mol. The minimum Gasteiger partial charge on any atom is -0.465 e. The van der Waals surface area contributed by atoms with Crippen LogP contribution in [-0.4, -0.2) is 48.8 Å². The lowest BCUT2D eigenvalue weighted by Crippen LogP contribution is -2.45. The van der Waals surface area contributed by atoms with E-state index in [1.807, 2.05) is 18.2 Å². The summed E-state index contributed by atoms with van der Waals surface area (Å²) < 4.78 is 23.0. The van der Waals surface area contributed by atoms with Gasteiger partial charge in [-0.1, -0.05) is 12.1 Å². The number of aromatic nitrogens is 5. The first-order chi connectivity index (χ1) is 19.8. The van der Waals surface area contributed by atoms with Gasteiger partial charge in [0.05, 0.1) is 35.5 Å². The maximum atomic E-state index is 14.2. The Bertz CT molecular complexity index is 1900. The number of nitrogens with one attached hydrogen (secondary N) is 1. The van der Waals surface area contributed by atoms with Gasteiger partial charge in [0.15, 0.2) is 11.3 Å². The van der Waals surface area contributed by atoms with Gasteiger partial charge in [-0.05, 0) is 68.1 Å². The van der Waals surface area contributed by atoms with E-state index < -0.39 is 29.1 Å². The van der Waals surface area contributed by atoms with Gasteiger partial charge in [-0.15, -0.1) is 0 Å². The molecule has 0 saturated heterocycles. The highest BCUT2D eigenvalue weighted by Crippen LogP contribution is 2.28. The van der Waals surface area contributed by atoms with E-state index in [0.717, 1.165) is 22.3 Å². The van der Waals surface area contributed by atoms with E-state index in [4.69, 9.17) is 4.74 Å². The fourth-order valence-corrected chi connectivity index (χ4v) is 5.41. The quantitative estimate of drug-likeness (QED) is 0.330. The Morgan fingerprint density at radius 1 is 1.02 bits per heavy atom. The topological polar surface area (TPSA) is 130 Å². The minimum absolute atomic E-state index is 0.0203. The highest BCUT2D eigenvalue weighted by molar-refractivity contribution is 5.93. The highest BCUT2D eigenvalue weighted by Gasteiger charge is 2.28. The summed E-state index contributed by atoms with van der Waals surface area (Å²) in [7, 11) is 1.25. The second-order valence-corrected chi connectivity index (χ2v) is 9.94. The molecule has 4 aromatic heterocycles. The van der Waals surface area contributed by atoms with Crippen molar-refractivity contribution in [3.05, 3.63) is 105 Å². The number of fused-ring (bicyclic) bond motifs is 2. The molecule has 1 aromatic carbocycles. The molecule has 0 unspecified atom stereocenters. The third-order valence-electron chi connectivity index (χ3n) is 7.42. The average molecular weight is 557 g/mol. The molecule has 1 fully saturated rings. The lowest BCUT2D eigenvalue weighted by molar-refractivity contribution is 0.0600. The summed E-state index contributed by atoms with van der Waals surface area (Å²) in [6.07, 6.45) is 4.60. The van der Waals surface area contributed by atoms with Crippen molar-refractivity contribution in [2.24, 2.45) is 0 Å². The predicted octanol–water partition coefficient (Wildman–Crippen LogP) is 3.03. The summed E-state index contributed by atoms with van der Waals surface area (Å²) in [5.74, 6) is -1.61. The molecular weight excluding hydrogens is 531 g/mol. The van der Waals surface area contributed by atoms with Gasteiger partial charge >= 0.3 is 11.7 Å². The fraction of sp³-hybridized carbons (Fsp3) is 0.241. The molecule has 0 atom stereocenters. The monoisotopic (exact) mass is 556 g/mol. The maximum Gasteiger partial charge on any atom is 0.337 e. The van der Waals surface area contributed by atoms with Crippen molar-refractivity contribution in [1.29, 1.82) is 0 Å². The van der Waals surface area contributed by atoms with E-state index >= 15 is 0 Å². The number of ether oxygens (including phenoxy) is 1. The zero-order valence-electron chi connectivity index (χ0n) is 22.0. The Hall–Kier alpha value is -5.13. The van der Waals surface area contributed by atoms with Crippen molar-refractivity contribution >= 4 is 28.4 Å². The van der Waals surface area contributed by atoms with Crippen molar-refractivity contribution in [3.8, 4) is 5.69 Å². The molecule has 0 spiro atoms. The van der Waals surface area contributed by atoms with E-state index in [0.29, 0.717) is 31.4 Å². The number of hydrogen-bond donors (Lipinski definition) is 1. The zero-order chi connectivity index (χ0) is 28.7. The van der Waals surface area contributed by atoms with Crippen molar-refractivity contribution < 1.29 is 18.7 Å². The van der Waals surface area contributed by atoms with Crippen LogP contribution in [0.2, 0.25) is 0 Å². The summed E-state index contributed by atoms with van der Waals surface area (Å²) in [6, 6.07) is 13.8. The van der Waals surface area contributed by atoms with Crippen molar-refractivity contribution in [2.75, 3.05) is 7.11 Å². The van der Waals surface area contributed by atoms with E-state index in [1.54, 1.807) is 28.9 Å². The van der Waals surface area contributed by atoms with Gasteiger partial charge in [-0.25, -0.2) is 28.0 Å². The molecule has 208 valence electrons. The molecule has 1 N–H and O–H groups in total. The number of pyridine rings is 2. The molecule has 1 aliphatic rings. The molecule has 11 nitrogen and oxygen atoms in total. The van der Waals surface area contributed by atoms with Gasteiger partial charge < -0.3 is 10.1 Å². The van der Waals surface area contributed by atoms with Crippen LogP contribution in [0.25, 0.3) is 22.2 Å². The van der Waals surface area contributed by atoms with E-state index in [2.05, 4.69) is 15.4 Å². The molecule has 0 bridgehead atoms. The minimum atomic E-state index is -0.715. The van der Waals surface area contributed by atoms with Gasteiger partial charge in [0, 0.05) is 18.3 Å². The van der Waals surface area contributed by atoms with Gasteiger partial charge in [0.25, 0.3) is 11.5 Å². The second-order valence-electron chi connectivity index (χ2n) is 9.94. The summed E-state index contributed by atoms with van der Waals surface area (Å²) in [5, 5.41) is 7.26. The number of esters is 1. The van der Waals surface area contributed by atoms with Crippen molar-refractivity contribution in [2.45, 2.75) is 37.8 Å². The molecule has 0 aliphatic heterocycles. The van der Waals surface area contributed by atoms with Crippen molar-refractivity contribution in [3.63, 3.8) is 0 Å². The van der Waals surface area contributed by atoms with E-state index in [-0.39, 0.29) is 34.2 Å². The Morgan fingerprint density at radius 2 is 1.83 bits per heavy atom. The standard InChI is InChI=1S/C29H25FN6O5/c1-41-28(39)17-5-4-7-22(13-17)35-25-23(14-18(30)16-31-25)27(38)36(29(35)40)20-10-8-19(9-11-20)32-26(37)24-15-21-6-2-3-12-34(21)33-24/h2-7,12-16,19-20H,8-11H2,1H3,(H,32,37)/t19-,20+. The van der Waals surface area contributed by atoms with Crippen LogP contribution in [0.4, 0.5) is 4.39 Å². The van der Waals surface area contributed by atoms with Crippen LogP contribution in [0.15, 0.2) is 76.6 Å². The average Bonchev–Trinajstić information content (AvgIpc) is 3.43.